The summed E-state index contributed by atoms with van der Waals surface area (Å²) in [5.74, 6) is 0.689. The van der Waals surface area contributed by atoms with Gasteiger partial charge in [0, 0.05) is 5.92 Å². The summed E-state index contributed by atoms with van der Waals surface area (Å²) in [5, 5.41) is 0.0586. The summed E-state index contributed by atoms with van der Waals surface area (Å²) >= 11 is 0. The molecule has 0 bridgehead atoms. The third kappa shape index (κ3) is 2.99. The molecule has 3 fully saturated rings. The van der Waals surface area contributed by atoms with E-state index in [1.54, 1.807) is 7.11 Å². The van der Waals surface area contributed by atoms with Crippen LogP contribution in [-0.4, -0.2) is 40.4 Å². The van der Waals surface area contributed by atoms with E-state index in [0.717, 1.165) is 36.2 Å². The second-order valence-corrected chi connectivity index (χ2v) is 17.1. The third-order valence-corrected chi connectivity index (χ3v) is 14.3. The second kappa shape index (κ2) is 7.17. The molecule has 0 amide bonds. The summed E-state index contributed by atoms with van der Waals surface area (Å²) in [6.45, 7) is 13.3. The van der Waals surface area contributed by atoms with Crippen LogP contribution in [0.4, 0.5) is 0 Å². The fourth-order valence-corrected chi connectivity index (χ4v) is 8.58. The highest BCUT2D eigenvalue weighted by atomic mass is 28.4. The molecule has 0 saturated heterocycles. The first-order valence-corrected chi connectivity index (χ1v) is 15.3. The fraction of sp³-hybridized carbons (Fsp3) is 0.704. The van der Waals surface area contributed by atoms with Crippen molar-refractivity contribution in [1.82, 2.24) is 0 Å². The van der Waals surface area contributed by atoms with Crippen molar-refractivity contribution in [3.05, 3.63) is 34.6 Å². The number of ether oxygens (including phenoxy) is 2. The van der Waals surface area contributed by atoms with Gasteiger partial charge in [-0.1, -0.05) is 26.3 Å². The lowest BCUT2D eigenvalue weighted by molar-refractivity contribution is -0.166. The van der Waals surface area contributed by atoms with Crippen LogP contribution >= 0.6 is 0 Å². The number of esters is 1. The van der Waals surface area contributed by atoms with Gasteiger partial charge in [0.25, 0.3) is 0 Å². The van der Waals surface area contributed by atoms with Gasteiger partial charge in [0.1, 0.15) is 11.5 Å². The number of carbonyl (C=O) groups excluding carboxylic acids is 2. The standard InChI is InChI=1S/C27H38O5Si/c1-14-11-16(30-5)12-15-9-10-27(25(29)31-6)18-13-17(18)24(32-33(7,8)26(2,3)4)21-22(27)20(15)19(14)23(21)28/h11-12,17-19,21-22,24H,9-10,13H2,1-8H3/t17-,18+,19?,21-,22+,24-,27+/m0/s1. The van der Waals surface area contributed by atoms with Crippen molar-refractivity contribution in [3.63, 3.8) is 0 Å². The van der Waals surface area contributed by atoms with Crippen LogP contribution < -0.4 is 0 Å². The van der Waals surface area contributed by atoms with E-state index in [2.05, 4.69) is 39.9 Å². The van der Waals surface area contributed by atoms with Crippen LogP contribution in [0.3, 0.4) is 0 Å². The second-order valence-electron chi connectivity index (χ2n) is 12.3. The van der Waals surface area contributed by atoms with E-state index >= 15 is 0 Å². The number of hydrogen-bond acceptors (Lipinski definition) is 5. The smallest absolute Gasteiger partial charge is 0.312 e. The minimum absolute atomic E-state index is 0.0586. The minimum Gasteiger partial charge on any atom is -0.497 e. The van der Waals surface area contributed by atoms with Crippen LogP contribution in [0.2, 0.25) is 18.1 Å². The number of methoxy groups -OCH3 is 2. The van der Waals surface area contributed by atoms with E-state index in [-0.39, 0.29) is 52.5 Å². The summed E-state index contributed by atoms with van der Waals surface area (Å²) in [5.41, 5.74) is 2.73. The lowest BCUT2D eigenvalue weighted by Gasteiger charge is -2.51. The molecule has 0 spiro atoms. The maximum atomic E-state index is 14.3. The zero-order valence-electron chi connectivity index (χ0n) is 21.3. The number of fused-ring (bicyclic) bond motifs is 2. The van der Waals surface area contributed by atoms with Gasteiger partial charge in [-0.2, -0.15) is 0 Å². The SMILES string of the molecule is COC(=O)[C@]12CCC3=C4C(C(=O)[C@@H]([C@@H](O[Si](C)(C)C(C)(C)C)[C@H]5C[C@H]51)[C@@H]42)C(C)=CC(OC)=C3. The molecule has 0 heterocycles. The third-order valence-electron chi connectivity index (χ3n) is 9.81. The highest BCUT2D eigenvalue weighted by Crippen LogP contribution is 2.73. The summed E-state index contributed by atoms with van der Waals surface area (Å²) in [4.78, 5) is 27.8. The Morgan fingerprint density at radius 3 is 2.48 bits per heavy atom. The van der Waals surface area contributed by atoms with E-state index in [1.807, 2.05) is 13.0 Å². The molecule has 5 rings (SSSR count). The van der Waals surface area contributed by atoms with Crippen LogP contribution in [0, 0.1) is 35.0 Å². The van der Waals surface area contributed by atoms with Gasteiger partial charge in [0.05, 0.1) is 37.6 Å². The van der Waals surface area contributed by atoms with Crippen LogP contribution in [0.5, 0.6) is 0 Å². The summed E-state index contributed by atoms with van der Waals surface area (Å²) < 4.78 is 18.1. The molecule has 5 aliphatic carbocycles. The van der Waals surface area contributed by atoms with Crippen LogP contribution in [-0.2, 0) is 23.5 Å². The van der Waals surface area contributed by atoms with Crippen LogP contribution in [0.1, 0.15) is 47.0 Å². The predicted octanol–water partition coefficient (Wildman–Crippen LogP) is 5.20. The average Bonchev–Trinajstić information content (AvgIpc) is 3.50. The molecule has 0 aliphatic heterocycles. The Kier molecular flexibility index (Phi) is 5.02. The van der Waals surface area contributed by atoms with E-state index < -0.39 is 13.7 Å². The van der Waals surface area contributed by atoms with Gasteiger partial charge < -0.3 is 13.9 Å². The molecule has 0 radical (unpaired) electrons. The van der Waals surface area contributed by atoms with Gasteiger partial charge in [0.2, 0.25) is 0 Å². The molecule has 5 nitrogen and oxygen atoms in total. The topological polar surface area (TPSA) is 61.8 Å². The molecule has 180 valence electrons. The average molecular weight is 471 g/mol. The molecule has 6 heteroatoms. The summed E-state index contributed by atoms with van der Waals surface area (Å²) in [7, 11) is 1.07. The Morgan fingerprint density at radius 2 is 1.88 bits per heavy atom. The van der Waals surface area contributed by atoms with Gasteiger partial charge >= 0.3 is 5.97 Å². The van der Waals surface area contributed by atoms with Gasteiger partial charge in [-0.3, -0.25) is 9.59 Å². The van der Waals surface area contributed by atoms with Crippen molar-refractivity contribution in [3.8, 4) is 0 Å². The maximum Gasteiger partial charge on any atom is 0.312 e. The molecule has 0 aromatic carbocycles. The normalized spacial score (nSPS) is 39.2. The Balaban J connectivity index is 1.69. The molecular formula is C27H38O5Si. The highest BCUT2D eigenvalue weighted by molar-refractivity contribution is 6.74. The van der Waals surface area contributed by atoms with Crippen molar-refractivity contribution < 1.29 is 23.5 Å². The van der Waals surface area contributed by atoms with E-state index in [1.165, 1.54) is 12.7 Å². The Labute approximate surface area is 198 Å². The minimum atomic E-state index is -2.10. The molecule has 5 aliphatic rings. The highest BCUT2D eigenvalue weighted by Gasteiger charge is 2.76. The lowest BCUT2D eigenvalue weighted by Crippen LogP contribution is -2.56. The number of ketones is 1. The molecule has 3 saturated carbocycles. The van der Waals surface area contributed by atoms with Gasteiger partial charge in [-0.15, -0.1) is 0 Å². The van der Waals surface area contributed by atoms with Crippen LogP contribution in [0.25, 0.3) is 0 Å². The summed E-state index contributed by atoms with van der Waals surface area (Å²) in [6.07, 6.45) is 6.46. The zero-order valence-corrected chi connectivity index (χ0v) is 22.3. The zero-order chi connectivity index (χ0) is 24.1. The van der Waals surface area contributed by atoms with E-state index in [0.29, 0.717) is 0 Å². The number of carbonyl (C=O) groups is 2. The Hall–Kier alpha value is -1.66. The Morgan fingerprint density at radius 1 is 1.18 bits per heavy atom. The number of allylic oxidation sites excluding steroid dienone is 5. The first-order chi connectivity index (χ1) is 15.4. The number of hydrogen-bond donors (Lipinski definition) is 0. The molecule has 33 heavy (non-hydrogen) atoms. The van der Waals surface area contributed by atoms with Crippen molar-refractivity contribution in [2.45, 2.75) is 71.2 Å². The fourth-order valence-electron chi connectivity index (χ4n) is 7.22. The molecule has 0 N–H and O–H groups in total. The van der Waals surface area contributed by atoms with Gasteiger partial charge in [0.15, 0.2) is 8.32 Å². The molecule has 1 unspecified atom stereocenters. The first-order valence-electron chi connectivity index (χ1n) is 12.4. The van der Waals surface area contributed by atoms with E-state index in [9.17, 15) is 9.59 Å². The molecular weight excluding hydrogens is 432 g/mol. The summed E-state index contributed by atoms with van der Waals surface area (Å²) in [6, 6.07) is 0. The van der Waals surface area contributed by atoms with Gasteiger partial charge in [-0.05, 0) is 79.5 Å². The van der Waals surface area contributed by atoms with Crippen molar-refractivity contribution >= 4 is 20.1 Å². The van der Waals surface area contributed by atoms with Crippen LogP contribution in [0.15, 0.2) is 34.6 Å². The van der Waals surface area contributed by atoms with Gasteiger partial charge in [-0.25, -0.2) is 0 Å². The van der Waals surface area contributed by atoms with Crippen molar-refractivity contribution in [2.24, 2.45) is 35.0 Å². The maximum absolute atomic E-state index is 14.3. The quantitative estimate of drug-likeness (QED) is 0.418. The molecule has 0 aromatic rings. The molecule has 7 atom stereocenters. The monoisotopic (exact) mass is 470 g/mol. The number of rotatable bonds is 4. The van der Waals surface area contributed by atoms with E-state index in [4.69, 9.17) is 13.9 Å². The van der Waals surface area contributed by atoms with Crippen molar-refractivity contribution in [1.29, 1.82) is 0 Å². The lowest BCUT2D eigenvalue weighted by atomic mass is 9.55. The number of Topliss-reactive ketones (excluding diaryl/α,β-unsaturated/α-hetero) is 1. The Bertz CT molecular complexity index is 1010. The largest absolute Gasteiger partial charge is 0.497 e. The first kappa shape index (κ1) is 23.1. The predicted molar refractivity (Wildman–Crippen MR) is 129 cm³/mol. The molecule has 0 aromatic heterocycles. The van der Waals surface area contributed by atoms with Crippen molar-refractivity contribution in [2.75, 3.05) is 14.2 Å².